The van der Waals surface area contributed by atoms with Gasteiger partial charge in [0.1, 0.15) is 0 Å². The van der Waals surface area contributed by atoms with Gasteiger partial charge in [0.15, 0.2) is 0 Å². The summed E-state index contributed by atoms with van der Waals surface area (Å²) in [6, 6.07) is 16.0. The Bertz CT molecular complexity index is 1070. The van der Waals surface area contributed by atoms with Crippen LogP contribution in [0.5, 0.6) is 0 Å². The predicted octanol–water partition coefficient (Wildman–Crippen LogP) is 2.90. The smallest absolute Gasteiger partial charge is 0.324 e. The number of hydrogen-bond acceptors (Lipinski definition) is 4. The number of anilines is 1. The van der Waals surface area contributed by atoms with Crippen molar-refractivity contribution in [3.8, 4) is 0 Å². The van der Waals surface area contributed by atoms with Crippen LogP contribution in [0.25, 0.3) is 10.9 Å². The number of urea groups is 1. The molecule has 1 aromatic heterocycles. The highest BCUT2D eigenvalue weighted by atomic mass is 16.2. The number of H-pyrrole nitrogens is 1. The van der Waals surface area contributed by atoms with E-state index in [0.29, 0.717) is 19.6 Å². The van der Waals surface area contributed by atoms with E-state index < -0.39 is 6.04 Å². The van der Waals surface area contributed by atoms with Crippen LogP contribution in [0, 0.1) is 0 Å². The zero-order valence-electron chi connectivity index (χ0n) is 18.2. The molecule has 1 saturated heterocycles. The Morgan fingerprint density at radius 2 is 1.90 bits per heavy atom. The Kier molecular flexibility index (Phi) is 5.95. The lowest BCUT2D eigenvalue weighted by Crippen LogP contribution is -2.47. The molecule has 7 nitrogen and oxygen atoms in total. The Hall–Kier alpha value is -3.32. The van der Waals surface area contributed by atoms with Gasteiger partial charge in [0.2, 0.25) is 5.91 Å². The molecule has 0 unspecified atom stereocenters. The monoisotopic (exact) mass is 419 g/mol. The molecule has 2 atom stereocenters. The molecule has 3 amide bonds. The van der Waals surface area contributed by atoms with Crippen molar-refractivity contribution in [1.82, 2.24) is 20.5 Å². The van der Waals surface area contributed by atoms with Crippen molar-refractivity contribution in [2.75, 3.05) is 38.6 Å². The van der Waals surface area contributed by atoms with Gasteiger partial charge in [0.25, 0.3) is 0 Å². The van der Waals surface area contributed by atoms with Crippen LogP contribution in [0.15, 0.2) is 54.7 Å². The quantitative estimate of drug-likeness (QED) is 0.550. The molecule has 1 aliphatic heterocycles. The van der Waals surface area contributed by atoms with E-state index in [9.17, 15) is 9.59 Å². The number of benzene rings is 2. The molecule has 3 N–H and O–H groups in total. The number of rotatable bonds is 7. The third kappa shape index (κ3) is 4.27. The maximum atomic E-state index is 12.7. The van der Waals surface area contributed by atoms with Crippen molar-refractivity contribution in [2.24, 2.45) is 0 Å². The number of imide groups is 1. The van der Waals surface area contributed by atoms with E-state index in [1.807, 2.05) is 33.2 Å². The highest BCUT2D eigenvalue weighted by Crippen LogP contribution is 2.31. The van der Waals surface area contributed by atoms with Gasteiger partial charge in [-0.25, -0.2) is 4.79 Å². The van der Waals surface area contributed by atoms with Crippen LogP contribution in [0.3, 0.4) is 0 Å². The maximum Gasteiger partial charge on any atom is 0.324 e. The minimum absolute atomic E-state index is 0.0509. The van der Waals surface area contributed by atoms with E-state index in [1.165, 1.54) is 21.4 Å². The number of aromatic amines is 1. The van der Waals surface area contributed by atoms with Gasteiger partial charge in [-0.15, -0.1) is 0 Å². The summed E-state index contributed by atoms with van der Waals surface area (Å²) in [6.07, 6.45) is 2.05. The average molecular weight is 420 g/mol. The first-order valence-corrected chi connectivity index (χ1v) is 10.6. The van der Waals surface area contributed by atoms with Crippen LogP contribution in [-0.4, -0.2) is 61.6 Å². The Labute approximate surface area is 182 Å². The van der Waals surface area contributed by atoms with E-state index in [-0.39, 0.29) is 17.9 Å². The Balaban J connectivity index is 1.59. The van der Waals surface area contributed by atoms with Crippen LogP contribution in [0.1, 0.15) is 24.0 Å². The molecule has 31 heavy (non-hydrogen) atoms. The van der Waals surface area contributed by atoms with Crippen molar-refractivity contribution in [3.63, 3.8) is 0 Å². The Morgan fingerprint density at radius 3 is 2.58 bits per heavy atom. The zero-order valence-corrected chi connectivity index (χ0v) is 18.2. The molecule has 2 aromatic carbocycles. The molecule has 4 rings (SSSR count). The number of amides is 3. The average Bonchev–Trinajstić information content (AvgIpc) is 3.40. The summed E-state index contributed by atoms with van der Waals surface area (Å²) < 4.78 is 0. The second-order valence-corrected chi connectivity index (χ2v) is 8.18. The van der Waals surface area contributed by atoms with Gasteiger partial charge in [0, 0.05) is 62.4 Å². The molecule has 0 spiro atoms. The van der Waals surface area contributed by atoms with Crippen molar-refractivity contribution < 1.29 is 9.59 Å². The fourth-order valence-electron chi connectivity index (χ4n) is 4.09. The third-order valence-electron chi connectivity index (χ3n) is 5.93. The van der Waals surface area contributed by atoms with E-state index in [0.717, 1.165) is 11.2 Å². The van der Waals surface area contributed by atoms with Crippen LogP contribution in [-0.2, 0) is 4.79 Å². The van der Waals surface area contributed by atoms with E-state index in [4.69, 9.17) is 0 Å². The molecule has 7 heteroatoms. The number of aromatic nitrogens is 1. The molecule has 0 bridgehead atoms. The number of fused-ring (bicyclic) bond motifs is 1. The van der Waals surface area contributed by atoms with Crippen LogP contribution < -0.4 is 15.5 Å². The summed E-state index contributed by atoms with van der Waals surface area (Å²) in [6.45, 7) is 3.32. The standard InChI is InChI=1S/C24H29N5O2/c1-16(23(30)29-13-12-25-24(29)31)26-14-20(17-8-10-18(11-9-17)28(2)3)21-15-27-22-7-5-4-6-19(21)22/h4-11,15-16,20,26-27H,12-14H2,1-3H3,(H,25,31)/t16-,20-/m0/s1. The number of nitrogens with one attached hydrogen (secondary N) is 3. The topological polar surface area (TPSA) is 80.5 Å². The predicted molar refractivity (Wildman–Crippen MR) is 123 cm³/mol. The summed E-state index contributed by atoms with van der Waals surface area (Å²) in [5.74, 6) is -0.148. The first kappa shape index (κ1) is 20.9. The molecular weight excluding hydrogens is 390 g/mol. The van der Waals surface area contributed by atoms with Gasteiger partial charge in [-0.05, 0) is 36.2 Å². The number of hydrogen-bond donors (Lipinski definition) is 3. The van der Waals surface area contributed by atoms with Crippen molar-refractivity contribution in [3.05, 3.63) is 65.9 Å². The molecule has 2 heterocycles. The summed E-state index contributed by atoms with van der Waals surface area (Å²) >= 11 is 0. The van der Waals surface area contributed by atoms with Crippen LogP contribution in [0.4, 0.5) is 10.5 Å². The van der Waals surface area contributed by atoms with E-state index in [2.05, 4.69) is 63.1 Å². The number of carbonyl (C=O) groups excluding carboxylic acids is 2. The highest BCUT2D eigenvalue weighted by molar-refractivity contribution is 5.98. The lowest BCUT2D eigenvalue weighted by atomic mass is 9.90. The van der Waals surface area contributed by atoms with Crippen LogP contribution >= 0.6 is 0 Å². The normalized spacial score (nSPS) is 15.7. The SMILES string of the molecule is C[C@H](NC[C@@H](c1ccc(N(C)C)cc1)c1c[nH]c2ccccc12)C(=O)N1CCNC1=O. The van der Waals surface area contributed by atoms with Gasteiger partial charge < -0.3 is 20.5 Å². The van der Waals surface area contributed by atoms with E-state index in [1.54, 1.807) is 0 Å². The van der Waals surface area contributed by atoms with Gasteiger partial charge in [-0.2, -0.15) is 0 Å². The lowest BCUT2D eigenvalue weighted by Gasteiger charge is -2.23. The zero-order chi connectivity index (χ0) is 22.0. The fraction of sp³-hybridized carbons (Fsp3) is 0.333. The second-order valence-electron chi connectivity index (χ2n) is 8.18. The van der Waals surface area contributed by atoms with E-state index >= 15 is 0 Å². The summed E-state index contributed by atoms with van der Waals surface area (Å²) in [7, 11) is 4.05. The highest BCUT2D eigenvalue weighted by Gasteiger charge is 2.30. The second kappa shape index (κ2) is 8.81. The largest absolute Gasteiger partial charge is 0.378 e. The third-order valence-corrected chi connectivity index (χ3v) is 5.93. The number of para-hydroxylation sites is 1. The van der Waals surface area contributed by atoms with Crippen molar-refractivity contribution in [1.29, 1.82) is 0 Å². The molecule has 1 aliphatic rings. The van der Waals surface area contributed by atoms with Crippen molar-refractivity contribution in [2.45, 2.75) is 18.9 Å². The van der Waals surface area contributed by atoms with Gasteiger partial charge >= 0.3 is 6.03 Å². The van der Waals surface area contributed by atoms with Crippen molar-refractivity contribution >= 4 is 28.5 Å². The summed E-state index contributed by atoms with van der Waals surface area (Å²) in [5, 5.41) is 7.23. The van der Waals surface area contributed by atoms with Gasteiger partial charge in [-0.3, -0.25) is 9.69 Å². The number of carbonyl (C=O) groups is 2. The minimum Gasteiger partial charge on any atom is -0.378 e. The first-order chi connectivity index (χ1) is 15.0. The molecule has 0 radical (unpaired) electrons. The van der Waals surface area contributed by atoms with Gasteiger partial charge in [-0.1, -0.05) is 30.3 Å². The minimum atomic E-state index is -0.461. The molecule has 162 valence electrons. The molecular formula is C24H29N5O2. The van der Waals surface area contributed by atoms with Crippen LogP contribution in [0.2, 0.25) is 0 Å². The first-order valence-electron chi connectivity index (χ1n) is 10.6. The number of nitrogens with zero attached hydrogens (tertiary/aromatic N) is 2. The molecule has 0 aliphatic carbocycles. The summed E-state index contributed by atoms with van der Waals surface area (Å²) in [5.41, 5.74) is 4.57. The Morgan fingerprint density at radius 1 is 1.16 bits per heavy atom. The molecule has 3 aromatic rings. The summed E-state index contributed by atoms with van der Waals surface area (Å²) in [4.78, 5) is 31.3. The molecule has 1 fully saturated rings. The maximum absolute atomic E-state index is 12.7. The van der Waals surface area contributed by atoms with Gasteiger partial charge in [0.05, 0.1) is 6.04 Å². The lowest BCUT2D eigenvalue weighted by molar-refractivity contribution is -0.129. The fourth-order valence-corrected chi connectivity index (χ4v) is 4.09. The molecule has 0 saturated carbocycles.